The molecule has 3 heterocycles. The van der Waals surface area contributed by atoms with Crippen molar-refractivity contribution >= 4 is 23.1 Å². The van der Waals surface area contributed by atoms with E-state index in [0.29, 0.717) is 34.9 Å². The lowest BCUT2D eigenvalue weighted by atomic mass is 10.2. The predicted molar refractivity (Wildman–Crippen MR) is 116 cm³/mol. The van der Waals surface area contributed by atoms with Gasteiger partial charge in [-0.2, -0.15) is 9.78 Å². The summed E-state index contributed by atoms with van der Waals surface area (Å²) >= 11 is 1.52. The van der Waals surface area contributed by atoms with Gasteiger partial charge in [0.2, 0.25) is 5.95 Å². The number of methoxy groups -OCH3 is 1. The van der Waals surface area contributed by atoms with Crippen LogP contribution in [0.5, 0.6) is 5.75 Å². The van der Waals surface area contributed by atoms with Gasteiger partial charge in [0, 0.05) is 17.8 Å². The third-order valence-electron chi connectivity index (χ3n) is 4.42. The molecule has 3 aromatic heterocycles. The first-order valence-electron chi connectivity index (χ1n) is 9.28. The van der Waals surface area contributed by atoms with E-state index in [1.54, 1.807) is 30.3 Å². The molecule has 0 saturated heterocycles. The number of hydrogen-bond donors (Lipinski definition) is 2. The molecule has 1 aromatic carbocycles. The molecule has 0 fully saturated rings. The number of nitrogens with zero attached hydrogens (tertiary/aromatic N) is 3. The fourth-order valence-corrected chi connectivity index (χ4v) is 3.65. The minimum atomic E-state index is -0.361. The van der Waals surface area contributed by atoms with Crippen molar-refractivity contribution < 1.29 is 9.53 Å². The molecular formula is C21H19N5O3S. The monoisotopic (exact) mass is 421 g/mol. The molecule has 0 atom stereocenters. The Balaban J connectivity index is 1.79. The fourth-order valence-electron chi connectivity index (χ4n) is 2.97. The predicted octanol–water partition coefficient (Wildman–Crippen LogP) is 3.51. The minimum absolute atomic E-state index is 0.234. The number of nitrogens with one attached hydrogen (secondary N) is 2. The van der Waals surface area contributed by atoms with E-state index in [-0.39, 0.29) is 17.4 Å². The second-order valence-corrected chi connectivity index (χ2v) is 7.32. The summed E-state index contributed by atoms with van der Waals surface area (Å²) in [5.74, 6) is 0.711. The highest BCUT2D eigenvalue weighted by molar-refractivity contribution is 7.13. The Labute approximate surface area is 176 Å². The number of carbonyl (C=O) groups excluding carboxylic acids is 1. The van der Waals surface area contributed by atoms with Crippen LogP contribution in [-0.2, 0) is 6.42 Å². The molecule has 152 valence electrons. The number of para-hydroxylation sites is 1. The van der Waals surface area contributed by atoms with Gasteiger partial charge in [-0.25, -0.2) is 4.98 Å². The van der Waals surface area contributed by atoms with Gasteiger partial charge in [-0.05, 0) is 30.0 Å². The van der Waals surface area contributed by atoms with Gasteiger partial charge in [-0.3, -0.25) is 14.6 Å². The summed E-state index contributed by atoms with van der Waals surface area (Å²) in [5.41, 5.74) is 1.38. The molecule has 1 amide bonds. The van der Waals surface area contributed by atoms with Crippen molar-refractivity contribution in [3.05, 3.63) is 75.5 Å². The van der Waals surface area contributed by atoms with E-state index < -0.39 is 0 Å². The van der Waals surface area contributed by atoms with Crippen molar-refractivity contribution in [2.75, 3.05) is 12.4 Å². The molecular weight excluding hydrogens is 402 g/mol. The number of H-pyrrole nitrogens is 1. The van der Waals surface area contributed by atoms with E-state index in [0.717, 1.165) is 4.88 Å². The highest BCUT2D eigenvalue weighted by Crippen LogP contribution is 2.28. The smallest absolute Gasteiger partial charge is 0.260 e. The highest BCUT2D eigenvalue weighted by atomic mass is 32.1. The number of amides is 1. The van der Waals surface area contributed by atoms with Gasteiger partial charge >= 0.3 is 0 Å². The third-order valence-corrected chi connectivity index (χ3v) is 5.31. The van der Waals surface area contributed by atoms with E-state index in [4.69, 9.17) is 4.74 Å². The summed E-state index contributed by atoms with van der Waals surface area (Å²) in [4.78, 5) is 33.1. The summed E-state index contributed by atoms with van der Waals surface area (Å²) in [5, 5.41) is 9.38. The second kappa shape index (κ2) is 8.34. The molecule has 9 heteroatoms. The van der Waals surface area contributed by atoms with E-state index in [9.17, 15) is 9.59 Å². The van der Waals surface area contributed by atoms with Crippen LogP contribution in [0, 0.1) is 0 Å². The number of carbonyl (C=O) groups is 1. The SMILES string of the molecule is CCc1cc(=O)[nH]c(-n2nc(-c3cccs3)cc2NC(=O)c2ccccc2OC)n1. The number of benzene rings is 1. The van der Waals surface area contributed by atoms with Crippen LogP contribution in [0.3, 0.4) is 0 Å². The first kappa shape index (κ1) is 19.6. The van der Waals surface area contributed by atoms with Gasteiger partial charge in [0.15, 0.2) is 0 Å². The Bertz CT molecular complexity index is 1240. The van der Waals surface area contributed by atoms with E-state index in [2.05, 4.69) is 20.4 Å². The zero-order valence-corrected chi connectivity index (χ0v) is 17.2. The lowest BCUT2D eigenvalue weighted by molar-refractivity contribution is 0.102. The largest absolute Gasteiger partial charge is 0.496 e. The van der Waals surface area contributed by atoms with Gasteiger partial charge < -0.3 is 10.1 Å². The molecule has 0 saturated carbocycles. The Kier molecular flexibility index (Phi) is 5.44. The number of aromatic amines is 1. The Morgan fingerprint density at radius 3 is 2.80 bits per heavy atom. The summed E-state index contributed by atoms with van der Waals surface area (Å²) in [6.07, 6.45) is 0.596. The number of ether oxygens (including phenoxy) is 1. The van der Waals surface area contributed by atoms with E-state index in [1.807, 2.05) is 24.4 Å². The van der Waals surface area contributed by atoms with Crippen LogP contribution in [0.1, 0.15) is 23.0 Å². The summed E-state index contributed by atoms with van der Waals surface area (Å²) in [7, 11) is 1.51. The first-order chi connectivity index (χ1) is 14.6. The first-order valence-corrected chi connectivity index (χ1v) is 10.2. The molecule has 0 unspecified atom stereocenters. The number of aryl methyl sites for hydroxylation is 1. The number of rotatable bonds is 6. The number of thiophene rings is 1. The van der Waals surface area contributed by atoms with Gasteiger partial charge in [0.05, 0.1) is 17.6 Å². The van der Waals surface area contributed by atoms with Crippen molar-refractivity contribution in [2.24, 2.45) is 0 Å². The number of aromatic nitrogens is 4. The summed E-state index contributed by atoms with van der Waals surface area (Å²) in [6.45, 7) is 1.91. The molecule has 8 nitrogen and oxygen atoms in total. The minimum Gasteiger partial charge on any atom is -0.496 e. The number of hydrogen-bond acceptors (Lipinski definition) is 6. The van der Waals surface area contributed by atoms with Gasteiger partial charge in [-0.15, -0.1) is 11.3 Å². The average molecular weight is 421 g/mol. The van der Waals surface area contributed by atoms with Crippen LogP contribution in [0.2, 0.25) is 0 Å². The van der Waals surface area contributed by atoms with Crippen molar-refractivity contribution in [3.63, 3.8) is 0 Å². The fraction of sp³-hybridized carbons (Fsp3) is 0.143. The van der Waals surface area contributed by atoms with Crippen LogP contribution in [0.4, 0.5) is 5.82 Å². The van der Waals surface area contributed by atoms with Crippen LogP contribution in [-0.4, -0.2) is 32.8 Å². The molecule has 0 aliphatic carbocycles. The lowest BCUT2D eigenvalue weighted by Crippen LogP contribution is -2.19. The second-order valence-electron chi connectivity index (χ2n) is 6.37. The van der Waals surface area contributed by atoms with Gasteiger partial charge in [-0.1, -0.05) is 25.1 Å². The third kappa shape index (κ3) is 3.87. The zero-order valence-electron chi connectivity index (χ0n) is 16.4. The maximum absolute atomic E-state index is 12.9. The van der Waals surface area contributed by atoms with Crippen LogP contribution < -0.4 is 15.6 Å². The normalized spacial score (nSPS) is 10.7. The average Bonchev–Trinajstić information content (AvgIpc) is 3.43. The van der Waals surface area contributed by atoms with Crippen molar-refractivity contribution in [1.29, 1.82) is 0 Å². The van der Waals surface area contributed by atoms with Crippen molar-refractivity contribution in [1.82, 2.24) is 19.7 Å². The molecule has 4 rings (SSSR count). The van der Waals surface area contributed by atoms with Crippen LogP contribution >= 0.6 is 11.3 Å². The summed E-state index contributed by atoms with van der Waals surface area (Å²) < 4.78 is 6.72. The Morgan fingerprint density at radius 1 is 1.23 bits per heavy atom. The molecule has 0 aliphatic rings. The number of anilines is 1. The van der Waals surface area contributed by atoms with Crippen molar-refractivity contribution in [2.45, 2.75) is 13.3 Å². The highest BCUT2D eigenvalue weighted by Gasteiger charge is 2.19. The molecule has 2 N–H and O–H groups in total. The van der Waals surface area contributed by atoms with E-state index in [1.165, 1.54) is 29.2 Å². The Hall–Kier alpha value is -3.72. The van der Waals surface area contributed by atoms with Crippen LogP contribution in [0.15, 0.2) is 58.7 Å². The Morgan fingerprint density at radius 2 is 2.07 bits per heavy atom. The topological polar surface area (TPSA) is 102 Å². The maximum Gasteiger partial charge on any atom is 0.260 e. The zero-order chi connectivity index (χ0) is 21.1. The maximum atomic E-state index is 12.9. The lowest BCUT2D eigenvalue weighted by Gasteiger charge is -2.10. The molecule has 0 spiro atoms. The van der Waals surface area contributed by atoms with Gasteiger partial charge in [0.1, 0.15) is 17.3 Å². The molecule has 30 heavy (non-hydrogen) atoms. The quantitative estimate of drug-likeness (QED) is 0.496. The van der Waals surface area contributed by atoms with Crippen LogP contribution in [0.25, 0.3) is 16.5 Å². The van der Waals surface area contributed by atoms with E-state index >= 15 is 0 Å². The molecule has 0 radical (unpaired) electrons. The molecule has 4 aromatic rings. The van der Waals surface area contributed by atoms with Gasteiger partial charge in [0.25, 0.3) is 11.5 Å². The van der Waals surface area contributed by atoms with Crippen molar-refractivity contribution in [3.8, 4) is 22.3 Å². The summed E-state index contributed by atoms with van der Waals surface area (Å²) in [6, 6.07) is 14.0. The molecule has 0 aliphatic heterocycles. The standard InChI is InChI=1S/C21H19N5O3S/c1-3-13-11-19(27)24-21(22-13)26-18(12-15(25-26)17-9-6-10-30-17)23-20(28)14-7-4-5-8-16(14)29-2/h4-12H,3H2,1-2H3,(H,23,28)(H,22,24,27). The molecule has 0 bridgehead atoms.